The second-order valence-corrected chi connectivity index (χ2v) is 9.43. The zero-order valence-electron chi connectivity index (χ0n) is 20.9. The van der Waals surface area contributed by atoms with Gasteiger partial charge in [-0.3, -0.25) is 24.0 Å². The number of aliphatic carboxylic acids is 2. The van der Waals surface area contributed by atoms with E-state index in [2.05, 4.69) is 47.4 Å². The van der Waals surface area contributed by atoms with Gasteiger partial charge < -0.3 is 42.2 Å². The Labute approximate surface area is 235 Å². The first kappa shape index (κ1) is 29.9. The molecule has 3 amide bonds. The standard InChI is InChI=1S/C19H23N7O6.C4H4BrNO2/c20-19-25-15-14(17(30)26-19)23-11(8-22-15)7-21-10-3-1-9(2-4-10)16(29)24-12(18(31)32)5-6-13(27)28;5-6-3(7)1-2-4(6)8/h1-4,11-12,21,23H,5-8H2,(H,24,29)(H,27,28)(H,31,32)(H4,20,22,25,26,30);1-2H2/t11-,12+;/m1./s1. The molecule has 1 aromatic heterocycles. The lowest BCUT2D eigenvalue weighted by atomic mass is 10.1. The Kier molecular flexibility index (Phi) is 10.0. The highest BCUT2D eigenvalue weighted by Gasteiger charge is 2.26. The first-order valence-corrected chi connectivity index (χ1v) is 12.7. The molecule has 3 heterocycles. The number of fused-ring (bicyclic) bond motifs is 1. The lowest BCUT2D eigenvalue weighted by molar-refractivity contribution is -0.140. The zero-order valence-corrected chi connectivity index (χ0v) is 22.5. The summed E-state index contributed by atoms with van der Waals surface area (Å²) >= 11 is 2.80. The van der Waals surface area contributed by atoms with E-state index in [1.165, 1.54) is 12.1 Å². The van der Waals surface area contributed by atoms with Crippen LogP contribution in [0.1, 0.15) is 36.0 Å². The number of carboxylic acid groups (broad SMARTS) is 2. The van der Waals surface area contributed by atoms with Gasteiger partial charge in [-0.05, 0) is 30.7 Å². The Hall–Kier alpha value is -4.67. The van der Waals surface area contributed by atoms with Crippen LogP contribution in [0.2, 0.25) is 0 Å². The molecule has 9 N–H and O–H groups in total. The number of H-pyrrole nitrogens is 1. The normalized spacial score (nSPS) is 16.4. The highest BCUT2D eigenvalue weighted by molar-refractivity contribution is 9.08. The third-order valence-electron chi connectivity index (χ3n) is 5.75. The van der Waals surface area contributed by atoms with Crippen molar-refractivity contribution in [1.29, 1.82) is 0 Å². The Morgan fingerprint density at radius 3 is 2.33 bits per heavy atom. The maximum atomic E-state index is 12.3. The summed E-state index contributed by atoms with van der Waals surface area (Å²) < 4.78 is 0.979. The number of benzene rings is 1. The van der Waals surface area contributed by atoms with Gasteiger partial charge in [-0.2, -0.15) is 4.98 Å². The molecule has 2 aliphatic rings. The molecule has 2 aliphatic heterocycles. The zero-order chi connectivity index (χ0) is 29.4. The van der Waals surface area contributed by atoms with E-state index in [1.807, 2.05) is 0 Å². The SMILES string of the molecule is Nc1nc(=O)c2c([nH]1)NC[C@@H](CNc1ccc(C(=O)N[C@@H](CCC(=O)O)C(=O)O)cc1)N2.O=C1CCC(=O)N1Br. The van der Waals surface area contributed by atoms with Crippen LogP contribution < -0.4 is 32.6 Å². The number of rotatable bonds is 9. The van der Waals surface area contributed by atoms with Crippen molar-refractivity contribution in [3.63, 3.8) is 0 Å². The molecule has 0 spiro atoms. The summed E-state index contributed by atoms with van der Waals surface area (Å²) in [4.78, 5) is 73.4. The lowest BCUT2D eigenvalue weighted by Crippen LogP contribution is -2.41. The van der Waals surface area contributed by atoms with Crippen molar-refractivity contribution in [3.8, 4) is 0 Å². The minimum Gasteiger partial charge on any atom is -0.481 e. The third-order valence-corrected chi connectivity index (χ3v) is 6.54. The maximum absolute atomic E-state index is 12.3. The molecular weight excluding hydrogens is 596 g/mol. The first-order valence-electron chi connectivity index (χ1n) is 12.0. The van der Waals surface area contributed by atoms with Crippen molar-refractivity contribution in [2.45, 2.75) is 37.8 Å². The number of nitrogens with one attached hydrogen (secondary N) is 5. The summed E-state index contributed by atoms with van der Waals surface area (Å²) in [5.41, 5.74) is 6.31. The molecule has 1 saturated heterocycles. The van der Waals surface area contributed by atoms with Gasteiger partial charge >= 0.3 is 11.9 Å². The van der Waals surface area contributed by atoms with Gasteiger partial charge in [0.2, 0.25) is 17.8 Å². The fourth-order valence-electron chi connectivity index (χ4n) is 3.66. The summed E-state index contributed by atoms with van der Waals surface area (Å²) in [6, 6.07) is 4.93. The minimum atomic E-state index is -1.30. The number of carbonyl (C=O) groups excluding carboxylic acids is 3. The summed E-state index contributed by atoms with van der Waals surface area (Å²) in [7, 11) is 0. The predicted octanol–water partition coefficient (Wildman–Crippen LogP) is 0.163. The molecule has 2 atom stereocenters. The molecule has 4 rings (SSSR count). The molecular formula is C23H27BrN8O8. The van der Waals surface area contributed by atoms with Crippen molar-refractivity contribution in [2.75, 3.05) is 34.8 Å². The van der Waals surface area contributed by atoms with Crippen molar-refractivity contribution in [2.24, 2.45) is 0 Å². The summed E-state index contributed by atoms with van der Waals surface area (Å²) in [5, 5.41) is 29.5. The molecule has 2 aromatic rings. The van der Waals surface area contributed by atoms with E-state index < -0.39 is 29.4 Å². The fourth-order valence-corrected chi connectivity index (χ4v) is 4.01. The second-order valence-electron chi connectivity index (χ2n) is 8.72. The van der Waals surface area contributed by atoms with Crippen molar-refractivity contribution < 1.29 is 34.2 Å². The number of nitrogens with zero attached hydrogens (tertiary/aromatic N) is 2. The van der Waals surface area contributed by atoms with E-state index in [-0.39, 0.29) is 42.2 Å². The number of amides is 3. The number of halogens is 1. The number of imide groups is 1. The molecule has 0 radical (unpaired) electrons. The number of aromatic amines is 1. The highest BCUT2D eigenvalue weighted by atomic mass is 79.9. The van der Waals surface area contributed by atoms with Gasteiger partial charge in [-0.1, -0.05) is 0 Å². The van der Waals surface area contributed by atoms with Crippen LogP contribution in [0.3, 0.4) is 0 Å². The van der Waals surface area contributed by atoms with Gasteiger partial charge in [-0.25, -0.2) is 8.72 Å². The van der Waals surface area contributed by atoms with Gasteiger partial charge in [0.15, 0.2) is 0 Å². The quantitative estimate of drug-likeness (QED) is 0.137. The number of anilines is 4. The van der Waals surface area contributed by atoms with E-state index in [1.54, 1.807) is 12.1 Å². The Morgan fingerprint density at radius 1 is 1.12 bits per heavy atom. The number of hydrogen-bond acceptors (Lipinski definition) is 11. The van der Waals surface area contributed by atoms with Gasteiger partial charge in [-0.15, -0.1) is 0 Å². The molecule has 0 aliphatic carbocycles. The largest absolute Gasteiger partial charge is 0.481 e. The Bertz CT molecular complexity index is 1330. The molecule has 0 bridgehead atoms. The highest BCUT2D eigenvalue weighted by Crippen LogP contribution is 2.20. The van der Waals surface area contributed by atoms with E-state index in [0.717, 1.165) is 3.93 Å². The number of nitrogens with two attached hydrogens (primary N) is 1. The van der Waals surface area contributed by atoms with Crippen LogP contribution in [0.5, 0.6) is 0 Å². The average molecular weight is 623 g/mol. The van der Waals surface area contributed by atoms with Gasteiger partial charge in [0.1, 0.15) is 17.5 Å². The minimum absolute atomic E-state index is 0.0281. The van der Waals surface area contributed by atoms with E-state index in [9.17, 15) is 28.8 Å². The number of hydrogen-bond donors (Lipinski definition) is 8. The lowest BCUT2D eigenvalue weighted by Gasteiger charge is -2.27. The van der Waals surface area contributed by atoms with E-state index in [0.29, 0.717) is 43.1 Å². The number of carbonyl (C=O) groups is 5. The fraction of sp³-hybridized carbons (Fsp3) is 0.348. The topological polar surface area (TPSA) is 249 Å². The van der Waals surface area contributed by atoms with Crippen LogP contribution in [-0.2, 0) is 19.2 Å². The number of nitrogen functional groups attached to an aromatic ring is 1. The molecule has 0 saturated carbocycles. The second kappa shape index (κ2) is 13.4. The van der Waals surface area contributed by atoms with Crippen LogP contribution in [0, 0.1) is 0 Å². The van der Waals surface area contributed by atoms with Crippen LogP contribution in [0.25, 0.3) is 0 Å². The molecule has 1 aromatic carbocycles. The van der Waals surface area contributed by atoms with Crippen LogP contribution >= 0.6 is 16.1 Å². The van der Waals surface area contributed by atoms with Crippen molar-refractivity contribution in [3.05, 3.63) is 40.2 Å². The van der Waals surface area contributed by atoms with Crippen molar-refractivity contribution in [1.82, 2.24) is 19.2 Å². The van der Waals surface area contributed by atoms with Gasteiger partial charge in [0, 0.05) is 43.6 Å². The van der Waals surface area contributed by atoms with Crippen LogP contribution in [0.4, 0.5) is 23.1 Å². The molecule has 17 heteroatoms. The van der Waals surface area contributed by atoms with Gasteiger partial charge in [0.05, 0.1) is 22.2 Å². The Morgan fingerprint density at radius 2 is 1.77 bits per heavy atom. The number of aromatic nitrogens is 2. The summed E-state index contributed by atoms with van der Waals surface area (Å²) in [6.45, 7) is 0.977. The molecule has 16 nitrogen and oxygen atoms in total. The smallest absolute Gasteiger partial charge is 0.326 e. The molecule has 1 fully saturated rings. The van der Waals surface area contributed by atoms with Gasteiger partial charge in [0.25, 0.3) is 11.5 Å². The molecule has 40 heavy (non-hydrogen) atoms. The monoisotopic (exact) mass is 622 g/mol. The Balaban J connectivity index is 0.000000472. The van der Waals surface area contributed by atoms with E-state index >= 15 is 0 Å². The molecule has 0 unspecified atom stereocenters. The summed E-state index contributed by atoms with van der Waals surface area (Å²) in [5.74, 6) is -2.83. The predicted molar refractivity (Wildman–Crippen MR) is 146 cm³/mol. The third kappa shape index (κ3) is 8.16. The van der Waals surface area contributed by atoms with Crippen molar-refractivity contribution >= 4 is 68.9 Å². The molecule has 214 valence electrons. The average Bonchev–Trinajstić information content (AvgIpc) is 3.21. The summed E-state index contributed by atoms with van der Waals surface area (Å²) in [6.07, 6.45) is 0.116. The number of carboxylic acids is 2. The van der Waals surface area contributed by atoms with Crippen LogP contribution in [-0.4, -0.2) is 78.9 Å². The first-order chi connectivity index (χ1) is 18.9. The van der Waals surface area contributed by atoms with Crippen LogP contribution in [0.15, 0.2) is 29.1 Å². The maximum Gasteiger partial charge on any atom is 0.326 e. The van der Waals surface area contributed by atoms with E-state index in [4.69, 9.17) is 15.9 Å².